The maximum absolute atomic E-state index is 13.5. The number of carbonyl (C=O) groups is 1. The molecule has 0 unspecified atom stereocenters. The zero-order valence-electron chi connectivity index (χ0n) is 17.3. The maximum atomic E-state index is 13.5. The van der Waals surface area contributed by atoms with Gasteiger partial charge in [0.25, 0.3) is 10.0 Å². The smallest absolute Gasteiger partial charge is 0.264 e. The maximum Gasteiger partial charge on any atom is 0.264 e. The molecule has 0 atom stereocenters. The fourth-order valence-corrected chi connectivity index (χ4v) is 4.51. The number of nitrogens with zero attached hydrogens (tertiary/aromatic N) is 2. The minimum Gasteiger partial charge on any atom is -0.350 e. The van der Waals surface area contributed by atoms with Crippen LogP contribution in [0.2, 0.25) is 0 Å². The number of sulfonamides is 1. The summed E-state index contributed by atoms with van der Waals surface area (Å²) in [4.78, 5) is 16.9. The van der Waals surface area contributed by atoms with E-state index < -0.39 is 15.9 Å². The predicted molar refractivity (Wildman–Crippen MR) is 118 cm³/mol. The molecule has 0 saturated heterocycles. The van der Waals surface area contributed by atoms with E-state index in [1.165, 1.54) is 4.31 Å². The fraction of sp³-hybridized carbons (Fsp3) is 0.217. The number of benzene rings is 2. The minimum absolute atomic E-state index is 0.147. The number of rotatable bonds is 7. The number of nitrogens with one attached hydrogen (secondary N) is 1. The van der Waals surface area contributed by atoms with Crippen molar-refractivity contribution in [2.45, 2.75) is 32.2 Å². The third kappa shape index (κ3) is 4.86. The lowest BCUT2D eigenvalue weighted by Gasteiger charge is -2.26. The van der Waals surface area contributed by atoms with Crippen molar-refractivity contribution in [3.63, 3.8) is 0 Å². The summed E-state index contributed by atoms with van der Waals surface area (Å²) < 4.78 is 28.1. The number of pyridine rings is 1. The summed E-state index contributed by atoms with van der Waals surface area (Å²) in [6.45, 7) is 5.62. The van der Waals surface area contributed by atoms with Gasteiger partial charge < -0.3 is 5.32 Å². The number of hydrogen-bond donors (Lipinski definition) is 1. The van der Waals surface area contributed by atoms with Crippen molar-refractivity contribution in [3.8, 4) is 0 Å². The molecule has 3 aromatic rings. The largest absolute Gasteiger partial charge is 0.350 e. The Kier molecular flexibility index (Phi) is 6.52. The highest BCUT2D eigenvalue weighted by molar-refractivity contribution is 7.92. The summed E-state index contributed by atoms with van der Waals surface area (Å²) in [6, 6.07) is 15.7. The first-order valence-electron chi connectivity index (χ1n) is 9.60. The zero-order valence-corrected chi connectivity index (χ0v) is 18.1. The van der Waals surface area contributed by atoms with Crippen LogP contribution in [-0.4, -0.2) is 25.9 Å². The van der Waals surface area contributed by atoms with Gasteiger partial charge in [-0.3, -0.25) is 14.1 Å². The molecule has 156 valence electrons. The van der Waals surface area contributed by atoms with Crippen molar-refractivity contribution < 1.29 is 13.2 Å². The lowest BCUT2D eigenvalue weighted by atomic mass is 10.1. The Balaban J connectivity index is 1.92. The first-order valence-corrected chi connectivity index (χ1v) is 11.0. The molecule has 2 aromatic carbocycles. The van der Waals surface area contributed by atoms with Crippen LogP contribution in [0.25, 0.3) is 0 Å². The van der Waals surface area contributed by atoms with Crippen LogP contribution in [0.1, 0.15) is 22.3 Å². The van der Waals surface area contributed by atoms with Gasteiger partial charge in [0.15, 0.2) is 0 Å². The second-order valence-electron chi connectivity index (χ2n) is 7.18. The molecule has 1 heterocycles. The van der Waals surface area contributed by atoms with Crippen molar-refractivity contribution in [3.05, 3.63) is 89.2 Å². The molecule has 0 fully saturated rings. The third-order valence-electron chi connectivity index (χ3n) is 4.95. The molecule has 7 heteroatoms. The van der Waals surface area contributed by atoms with Crippen molar-refractivity contribution in [2.24, 2.45) is 0 Å². The third-order valence-corrected chi connectivity index (χ3v) is 6.73. The van der Waals surface area contributed by atoms with Crippen molar-refractivity contribution in [1.82, 2.24) is 10.3 Å². The summed E-state index contributed by atoms with van der Waals surface area (Å²) in [5.41, 5.74) is 4.06. The molecule has 6 nitrogen and oxygen atoms in total. The molecule has 0 spiro atoms. The molecule has 0 aliphatic carbocycles. The predicted octanol–water partition coefficient (Wildman–Crippen LogP) is 3.52. The van der Waals surface area contributed by atoms with Gasteiger partial charge in [-0.2, -0.15) is 0 Å². The van der Waals surface area contributed by atoms with Gasteiger partial charge in [-0.05, 0) is 61.7 Å². The lowest BCUT2D eigenvalue weighted by Crippen LogP contribution is -2.41. The number of hydrogen-bond acceptors (Lipinski definition) is 4. The van der Waals surface area contributed by atoms with E-state index in [-0.39, 0.29) is 18.0 Å². The summed E-state index contributed by atoms with van der Waals surface area (Å²) in [7, 11) is -3.93. The van der Waals surface area contributed by atoms with Gasteiger partial charge in [0.2, 0.25) is 5.91 Å². The number of carbonyl (C=O) groups excluding carboxylic acids is 1. The molecule has 1 N–H and O–H groups in total. The summed E-state index contributed by atoms with van der Waals surface area (Å²) in [5.74, 6) is -0.393. The van der Waals surface area contributed by atoms with Crippen molar-refractivity contribution in [2.75, 3.05) is 10.8 Å². The lowest BCUT2D eigenvalue weighted by molar-refractivity contribution is -0.119. The Morgan fingerprint density at radius 2 is 1.73 bits per heavy atom. The molecule has 1 aromatic heterocycles. The highest BCUT2D eigenvalue weighted by Gasteiger charge is 2.28. The molecular weight excluding hydrogens is 398 g/mol. The van der Waals surface area contributed by atoms with E-state index >= 15 is 0 Å². The molecule has 1 amide bonds. The van der Waals surface area contributed by atoms with Gasteiger partial charge in [-0.1, -0.05) is 35.9 Å². The Bertz CT molecular complexity index is 1130. The first-order chi connectivity index (χ1) is 14.3. The number of amides is 1. The van der Waals surface area contributed by atoms with Crippen LogP contribution in [0.3, 0.4) is 0 Å². The molecule has 0 radical (unpaired) electrons. The summed E-state index contributed by atoms with van der Waals surface area (Å²) in [6.07, 6.45) is 3.31. The van der Waals surface area contributed by atoms with Gasteiger partial charge in [-0.15, -0.1) is 0 Å². The normalized spacial score (nSPS) is 11.2. The van der Waals surface area contributed by atoms with Gasteiger partial charge in [0.05, 0.1) is 10.6 Å². The van der Waals surface area contributed by atoms with E-state index in [0.717, 1.165) is 22.3 Å². The number of anilines is 1. The zero-order chi connectivity index (χ0) is 21.7. The van der Waals surface area contributed by atoms with Crippen molar-refractivity contribution in [1.29, 1.82) is 0 Å². The van der Waals surface area contributed by atoms with E-state index in [2.05, 4.69) is 10.3 Å². The van der Waals surface area contributed by atoms with E-state index in [1.54, 1.807) is 54.9 Å². The highest BCUT2D eigenvalue weighted by atomic mass is 32.2. The molecule has 30 heavy (non-hydrogen) atoms. The topological polar surface area (TPSA) is 79.4 Å². The molecule has 0 aliphatic heterocycles. The van der Waals surface area contributed by atoms with Crippen LogP contribution in [0.5, 0.6) is 0 Å². The van der Waals surface area contributed by atoms with Gasteiger partial charge in [-0.25, -0.2) is 8.42 Å². The summed E-state index contributed by atoms with van der Waals surface area (Å²) >= 11 is 0. The number of aromatic nitrogens is 1. The average molecular weight is 424 g/mol. The number of aryl methyl sites for hydroxylation is 2. The van der Waals surface area contributed by atoms with E-state index in [4.69, 9.17) is 0 Å². The first kappa shape index (κ1) is 21.5. The SMILES string of the molecule is Cc1ccc(S(=O)(=O)N(CC(=O)NCc2cccnc2)c2cccc(C)c2C)cc1. The van der Waals surface area contributed by atoms with Crippen LogP contribution in [0.4, 0.5) is 5.69 Å². The average Bonchev–Trinajstić information content (AvgIpc) is 2.74. The molecule has 0 saturated carbocycles. The molecule has 3 rings (SSSR count). The second-order valence-corrected chi connectivity index (χ2v) is 9.04. The standard InChI is InChI=1S/C23H25N3O3S/c1-17-9-11-21(12-10-17)30(28,29)26(22-8-4-6-18(2)19(22)3)16-23(27)25-15-20-7-5-13-24-14-20/h4-14H,15-16H2,1-3H3,(H,25,27). The van der Waals surface area contributed by atoms with Crippen LogP contribution < -0.4 is 9.62 Å². The van der Waals surface area contributed by atoms with Crippen LogP contribution in [-0.2, 0) is 21.4 Å². The Labute approximate surface area is 177 Å². The molecular formula is C23H25N3O3S. The highest BCUT2D eigenvalue weighted by Crippen LogP contribution is 2.28. The molecule has 0 bridgehead atoms. The minimum atomic E-state index is -3.93. The molecule has 0 aliphatic rings. The van der Waals surface area contributed by atoms with E-state index in [9.17, 15) is 13.2 Å². The summed E-state index contributed by atoms with van der Waals surface area (Å²) in [5, 5.41) is 2.78. The van der Waals surface area contributed by atoms with Crippen LogP contribution in [0.15, 0.2) is 71.9 Å². The Morgan fingerprint density at radius 3 is 2.40 bits per heavy atom. The van der Waals surface area contributed by atoms with E-state index in [1.807, 2.05) is 32.9 Å². The van der Waals surface area contributed by atoms with Gasteiger partial charge >= 0.3 is 0 Å². The Morgan fingerprint density at radius 1 is 1.00 bits per heavy atom. The fourth-order valence-electron chi connectivity index (χ4n) is 3.03. The quantitative estimate of drug-likeness (QED) is 0.631. The van der Waals surface area contributed by atoms with Crippen molar-refractivity contribution >= 4 is 21.6 Å². The monoisotopic (exact) mass is 423 g/mol. The van der Waals surface area contributed by atoms with Gasteiger partial charge in [0, 0.05) is 18.9 Å². The van der Waals surface area contributed by atoms with Gasteiger partial charge in [0.1, 0.15) is 6.54 Å². The Hall–Kier alpha value is -3.19. The van der Waals surface area contributed by atoms with E-state index in [0.29, 0.717) is 5.69 Å². The van der Waals surface area contributed by atoms with Crippen LogP contribution >= 0.6 is 0 Å². The van der Waals surface area contributed by atoms with Crippen LogP contribution in [0, 0.1) is 20.8 Å². The second kappa shape index (κ2) is 9.09.